The minimum Gasteiger partial charge on any atom is -0.480 e. The number of fused-ring (bicyclic) bond motifs is 1. The van der Waals surface area contributed by atoms with Gasteiger partial charge in [-0.25, -0.2) is 9.48 Å². The van der Waals surface area contributed by atoms with E-state index in [1.165, 1.54) is 0 Å². The molecule has 27 heavy (non-hydrogen) atoms. The van der Waals surface area contributed by atoms with Gasteiger partial charge in [0.2, 0.25) is 5.91 Å². The van der Waals surface area contributed by atoms with Crippen LogP contribution in [-0.4, -0.2) is 49.0 Å². The normalized spacial score (nSPS) is 24.6. The zero-order valence-corrected chi connectivity index (χ0v) is 15.4. The lowest BCUT2D eigenvalue weighted by Crippen LogP contribution is -2.47. The molecular formula is C20H24N4O3. The number of carbonyl (C=O) groups excluding carboxylic acids is 1. The molecule has 1 saturated carbocycles. The van der Waals surface area contributed by atoms with E-state index in [0.717, 1.165) is 37.1 Å². The molecule has 4 rings (SSSR count). The molecule has 7 heteroatoms. The Hall–Kier alpha value is -2.70. The van der Waals surface area contributed by atoms with E-state index < -0.39 is 12.0 Å². The summed E-state index contributed by atoms with van der Waals surface area (Å²) in [6, 6.07) is 8.98. The molecule has 7 nitrogen and oxygen atoms in total. The fourth-order valence-electron chi connectivity index (χ4n) is 4.61. The van der Waals surface area contributed by atoms with Crippen LogP contribution in [0.2, 0.25) is 0 Å². The Labute approximate surface area is 158 Å². The number of carboxylic acid groups (broad SMARTS) is 1. The summed E-state index contributed by atoms with van der Waals surface area (Å²) in [5.74, 6) is -0.743. The first-order valence-electron chi connectivity index (χ1n) is 9.57. The third-order valence-electron chi connectivity index (χ3n) is 5.97. The number of aromatic nitrogens is 3. The van der Waals surface area contributed by atoms with Crippen molar-refractivity contribution in [2.24, 2.45) is 5.92 Å². The van der Waals surface area contributed by atoms with Gasteiger partial charge < -0.3 is 10.0 Å². The first-order chi connectivity index (χ1) is 13.1. The third-order valence-corrected chi connectivity index (χ3v) is 5.97. The molecule has 2 fully saturated rings. The number of rotatable bonds is 4. The van der Waals surface area contributed by atoms with Gasteiger partial charge in [0.1, 0.15) is 6.04 Å². The Morgan fingerprint density at radius 2 is 1.93 bits per heavy atom. The molecule has 2 aromatic rings. The number of nitrogens with zero attached hydrogens (tertiary/aromatic N) is 4. The largest absolute Gasteiger partial charge is 0.480 e. The number of amides is 1. The van der Waals surface area contributed by atoms with Crippen molar-refractivity contribution in [2.45, 2.75) is 57.5 Å². The molecule has 2 heterocycles. The fraction of sp³-hybridized carbons (Fsp3) is 0.500. The Bertz CT molecular complexity index is 848. The van der Waals surface area contributed by atoms with Gasteiger partial charge in [-0.1, -0.05) is 36.3 Å². The van der Waals surface area contributed by atoms with Crippen LogP contribution in [0.15, 0.2) is 30.3 Å². The number of para-hydroxylation sites is 1. The molecule has 142 valence electrons. The van der Waals surface area contributed by atoms with Gasteiger partial charge >= 0.3 is 5.97 Å². The van der Waals surface area contributed by atoms with E-state index in [4.69, 9.17) is 0 Å². The van der Waals surface area contributed by atoms with Crippen molar-refractivity contribution in [2.75, 3.05) is 0 Å². The highest BCUT2D eigenvalue weighted by Crippen LogP contribution is 2.40. The van der Waals surface area contributed by atoms with E-state index in [2.05, 4.69) is 10.3 Å². The average Bonchev–Trinajstić information content (AvgIpc) is 3.24. The van der Waals surface area contributed by atoms with E-state index in [-0.39, 0.29) is 18.4 Å². The van der Waals surface area contributed by atoms with Crippen LogP contribution in [0.3, 0.4) is 0 Å². The lowest BCUT2D eigenvalue weighted by Gasteiger charge is -2.33. The maximum atomic E-state index is 13.1. The monoisotopic (exact) mass is 368 g/mol. The predicted molar refractivity (Wildman–Crippen MR) is 98.4 cm³/mol. The van der Waals surface area contributed by atoms with Gasteiger partial charge in [-0.15, -0.1) is 5.10 Å². The molecule has 1 aromatic carbocycles. The van der Waals surface area contributed by atoms with Crippen LogP contribution in [0.25, 0.3) is 5.69 Å². The highest BCUT2D eigenvalue weighted by molar-refractivity contribution is 5.86. The SMILES string of the molecule is Cc1c(CC(=O)N2[C@@H]3CCCC[C@H]3C[C@H]2C(=O)O)nnn1-c1ccccc1. The smallest absolute Gasteiger partial charge is 0.326 e. The molecule has 0 unspecified atom stereocenters. The average molecular weight is 368 g/mol. The molecular weight excluding hydrogens is 344 g/mol. The highest BCUT2D eigenvalue weighted by Gasteiger charge is 2.47. The second-order valence-electron chi connectivity index (χ2n) is 7.55. The summed E-state index contributed by atoms with van der Waals surface area (Å²) in [7, 11) is 0. The number of hydrogen-bond donors (Lipinski definition) is 1. The summed E-state index contributed by atoms with van der Waals surface area (Å²) < 4.78 is 1.71. The minimum atomic E-state index is -0.901. The zero-order valence-electron chi connectivity index (χ0n) is 15.4. The van der Waals surface area contributed by atoms with Gasteiger partial charge in [-0.2, -0.15) is 0 Å². The van der Waals surface area contributed by atoms with Gasteiger partial charge in [0.25, 0.3) is 0 Å². The van der Waals surface area contributed by atoms with E-state index >= 15 is 0 Å². The van der Waals surface area contributed by atoms with Crippen molar-refractivity contribution < 1.29 is 14.7 Å². The van der Waals surface area contributed by atoms with Crippen molar-refractivity contribution >= 4 is 11.9 Å². The Balaban J connectivity index is 1.56. The maximum absolute atomic E-state index is 13.1. The van der Waals surface area contributed by atoms with E-state index in [9.17, 15) is 14.7 Å². The van der Waals surface area contributed by atoms with Crippen LogP contribution in [0, 0.1) is 12.8 Å². The number of hydrogen-bond acceptors (Lipinski definition) is 4. The molecule has 1 saturated heterocycles. The Morgan fingerprint density at radius 3 is 2.67 bits per heavy atom. The summed E-state index contributed by atoms with van der Waals surface area (Å²) in [5, 5.41) is 18.0. The molecule has 1 N–H and O–H groups in total. The van der Waals surface area contributed by atoms with E-state index in [1.54, 1.807) is 9.58 Å². The third kappa shape index (κ3) is 3.22. The standard InChI is InChI=1S/C20H24N4O3/c1-13-16(21-22-24(13)15-8-3-2-4-9-15)12-19(25)23-17-10-6-5-7-14(17)11-18(23)20(26)27/h2-4,8-9,14,17-18H,5-7,10-12H2,1H3,(H,26,27)/t14-,17+,18-/m0/s1. The van der Waals surface area contributed by atoms with Crippen LogP contribution in [0.5, 0.6) is 0 Å². The van der Waals surface area contributed by atoms with Crippen molar-refractivity contribution in [3.8, 4) is 5.69 Å². The molecule has 0 radical (unpaired) electrons. The highest BCUT2D eigenvalue weighted by atomic mass is 16.4. The van der Waals surface area contributed by atoms with E-state index in [0.29, 0.717) is 18.0 Å². The number of carbonyl (C=O) groups is 2. The molecule has 1 aromatic heterocycles. The fourth-order valence-corrected chi connectivity index (χ4v) is 4.61. The lowest BCUT2D eigenvalue weighted by atomic mass is 9.84. The first-order valence-corrected chi connectivity index (χ1v) is 9.57. The molecule has 0 spiro atoms. The lowest BCUT2D eigenvalue weighted by molar-refractivity contribution is -0.149. The number of likely N-dealkylation sites (tertiary alicyclic amines) is 1. The summed E-state index contributed by atoms with van der Waals surface area (Å²) >= 11 is 0. The van der Waals surface area contributed by atoms with Crippen LogP contribution < -0.4 is 0 Å². The number of carboxylic acids is 1. The van der Waals surface area contributed by atoms with Crippen molar-refractivity contribution in [1.82, 2.24) is 19.9 Å². The van der Waals surface area contributed by atoms with Crippen molar-refractivity contribution in [1.29, 1.82) is 0 Å². The van der Waals surface area contributed by atoms with Crippen LogP contribution in [-0.2, 0) is 16.0 Å². The minimum absolute atomic E-state index is 0.0526. The summed E-state index contributed by atoms with van der Waals surface area (Å²) in [4.78, 5) is 26.4. The molecule has 2 aliphatic rings. The summed E-state index contributed by atoms with van der Waals surface area (Å²) in [6.45, 7) is 1.89. The maximum Gasteiger partial charge on any atom is 0.326 e. The predicted octanol–water partition coefficient (Wildman–Crippen LogP) is 2.36. The van der Waals surface area contributed by atoms with Gasteiger partial charge in [0, 0.05) is 6.04 Å². The molecule has 1 amide bonds. The molecule has 1 aliphatic carbocycles. The Kier molecular flexibility index (Phi) is 4.68. The molecule has 1 aliphatic heterocycles. The van der Waals surface area contributed by atoms with Crippen molar-refractivity contribution in [3.05, 3.63) is 41.7 Å². The summed E-state index contributed by atoms with van der Waals surface area (Å²) in [5.41, 5.74) is 2.30. The van der Waals surface area contributed by atoms with Crippen LogP contribution >= 0.6 is 0 Å². The van der Waals surface area contributed by atoms with Crippen LogP contribution in [0.1, 0.15) is 43.5 Å². The molecule has 3 atom stereocenters. The van der Waals surface area contributed by atoms with Crippen molar-refractivity contribution in [3.63, 3.8) is 0 Å². The zero-order chi connectivity index (χ0) is 19.0. The second kappa shape index (κ2) is 7.13. The van der Waals surface area contributed by atoms with E-state index in [1.807, 2.05) is 37.3 Å². The molecule has 0 bridgehead atoms. The Morgan fingerprint density at radius 1 is 1.19 bits per heavy atom. The second-order valence-corrected chi connectivity index (χ2v) is 7.55. The summed E-state index contributed by atoms with van der Waals surface area (Å²) in [6.07, 6.45) is 4.75. The number of benzene rings is 1. The van der Waals surface area contributed by atoms with Gasteiger partial charge in [-0.05, 0) is 44.2 Å². The van der Waals surface area contributed by atoms with Gasteiger partial charge in [0.15, 0.2) is 0 Å². The van der Waals surface area contributed by atoms with Gasteiger partial charge in [-0.3, -0.25) is 4.79 Å². The number of aliphatic carboxylic acids is 1. The van der Waals surface area contributed by atoms with Crippen LogP contribution in [0.4, 0.5) is 0 Å². The quantitative estimate of drug-likeness (QED) is 0.895. The van der Waals surface area contributed by atoms with Gasteiger partial charge in [0.05, 0.1) is 23.5 Å². The first kappa shape index (κ1) is 17.7. The topological polar surface area (TPSA) is 88.3 Å².